The van der Waals surface area contributed by atoms with Gasteiger partial charge in [-0.3, -0.25) is 9.78 Å². The normalized spacial score (nSPS) is 14.4. The van der Waals surface area contributed by atoms with E-state index in [4.69, 9.17) is 27.9 Å². The predicted octanol–water partition coefficient (Wildman–Crippen LogP) is 4.40. The third kappa shape index (κ3) is 5.76. The van der Waals surface area contributed by atoms with Gasteiger partial charge in [0.2, 0.25) is 0 Å². The van der Waals surface area contributed by atoms with Crippen molar-refractivity contribution in [3.63, 3.8) is 0 Å². The van der Waals surface area contributed by atoms with Crippen LogP contribution in [0.1, 0.15) is 37.7 Å². The Bertz CT molecular complexity index is 1230. The minimum absolute atomic E-state index is 0.155. The van der Waals surface area contributed by atoms with Gasteiger partial charge >= 0.3 is 5.69 Å². The molecule has 2 aromatic carbocycles. The molecule has 10 heteroatoms. The van der Waals surface area contributed by atoms with E-state index in [1.54, 1.807) is 18.2 Å². The average molecular weight is 491 g/mol. The summed E-state index contributed by atoms with van der Waals surface area (Å²) in [4.78, 5) is 25.4. The molecule has 3 aromatic rings. The number of hydrogen-bond donors (Lipinski definition) is 3. The van der Waals surface area contributed by atoms with E-state index >= 15 is 0 Å². The summed E-state index contributed by atoms with van der Waals surface area (Å²) in [5, 5.41) is 17.8. The van der Waals surface area contributed by atoms with E-state index in [2.05, 4.69) is 15.4 Å². The van der Waals surface area contributed by atoms with Gasteiger partial charge in [0.25, 0.3) is 5.56 Å². The Kier molecular flexibility index (Phi) is 7.37. The Morgan fingerprint density at radius 2 is 1.85 bits per heavy atom. The maximum atomic E-state index is 12.0. The zero-order valence-corrected chi connectivity index (χ0v) is 19.3. The van der Waals surface area contributed by atoms with E-state index in [1.165, 1.54) is 44.2 Å². The van der Waals surface area contributed by atoms with Crippen molar-refractivity contribution in [1.29, 1.82) is 0 Å². The molecule has 0 saturated heterocycles. The number of hydrogen-bond acceptors (Lipinski definition) is 6. The largest absolute Gasteiger partial charge is 0.508 e. The van der Waals surface area contributed by atoms with Gasteiger partial charge in [0.05, 0.1) is 15.7 Å². The minimum Gasteiger partial charge on any atom is -0.508 e. The third-order valence-electron chi connectivity index (χ3n) is 5.68. The summed E-state index contributed by atoms with van der Waals surface area (Å²) in [5.41, 5.74) is -0.343. The van der Waals surface area contributed by atoms with Gasteiger partial charge in [0.1, 0.15) is 17.7 Å². The number of phenolic OH excluding ortho intramolecular Hbond substituents is 1. The fraction of sp³-hybridized carbons (Fsp3) is 0.348. The second-order valence-electron chi connectivity index (χ2n) is 8.12. The Balaban J connectivity index is 1.49. The lowest BCUT2D eigenvalue weighted by Gasteiger charge is -2.22. The summed E-state index contributed by atoms with van der Waals surface area (Å²) in [6, 6.07) is 7.84. The molecule has 0 spiro atoms. The number of nitrogens with zero attached hydrogens (tertiary/aromatic N) is 2. The number of aromatic nitrogens is 3. The van der Waals surface area contributed by atoms with Crippen LogP contribution in [0.15, 0.2) is 46.1 Å². The lowest BCUT2D eigenvalue weighted by Crippen LogP contribution is -2.30. The summed E-state index contributed by atoms with van der Waals surface area (Å²) >= 11 is 12.7. The number of aromatic hydroxyl groups is 1. The zero-order valence-electron chi connectivity index (χ0n) is 17.8. The maximum Gasteiger partial charge on any atom is 0.349 e. The standard InChI is InChI=1S/C23H24Cl2N4O4/c24-18-9-16(29-23(32)28-21(31)13-27-29)10-19(25)22(18)33-17-6-7-20(30)15(8-17)12-26-11-14-4-2-1-3-5-14/h6-10,13-14,26,30H,1-5,11-12H2,(H,28,31,32). The van der Waals surface area contributed by atoms with Gasteiger partial charge < -0.3 is 15.2 Å². The van der Waals surface area contributed by atoms with Crippen molar-refractivity contribution < 1.29 is 9.84 Å². The van der Waals surface area contributed by atoms with Crippen LogP contribution in [-0.4, -0.2) is 26.4 Å². The van der Waals surface area contributed by atoms with Crippen molar-refractivity contribution in [3.05, 3.63) is 73.0 Å². The van der Waals surface area contributed by atoms with E-state index < -0.39 is 11.2 Å². The molecule has 33 heavy (non-hydrogen) atoms. The molecule has 1 saturated carbocycles. The number of nitrogens with one attached hydrogen (secondary N) is 2. The highest BCUT2D eigenvalue weighted by molar-refractivity contribution is 6.37. The number of aromatic amines is 1. The first-order valence-corrected chi connectivity index (χ1v) is 11.5. The van der Waals surface area contributed by atoms with Crippen LogP contribution in [0, 0.1) is 5.92 Å². The molecule has 8 nitrogen and oxygen atoms in total. The molecule has 1 aliphatic carbocycles. The first kappa shape index (κ1) is 23.4. The van der Waals surface area contributed by atoms with E-state index in [9.17, 15) is 14.7 Å². The van der Waals surface area contributed by atoms with Gasteiger partial charge in [-0.05, 0) is 55.6 Å². The topological polar surface area (TPSA) is 109 Å². The minimum atomic E-state index is -0.716. The number of benzene rings is 2. The monoisotopic (exact) mass is 490 g/mol. The van der Waals surface area contributed by atoms with E-state index in [0.29, 0.717) is 23.8 Å². The summed E-state index contributed by atoms with van der Waals surface area (Å²) in [6.07, 6.45) is 7.36. The molecule has 4 rings (SSSR count). The molecule has 0 bridgehead atoms. The van der Waals surface area contributed by atoms with Gasteiger partial charge in [0, 0.05) is 12.1 Å². The molecule has 0 radical (unpaired) electrons. The quantitative estimate of drug-likeness (QED) is 0.452. The first-order valence-electron chi connectivity index (χ1n) is 10.8. The average Bonchev–Trinajstić information content (AvgIpc) is 2.79. The molecule has 174 valence electrons. The van der Waals surface area contributed by atoms with Crippen LogP contribution in [0.25, 0.3) is 5.69 Å². The molecule has 0 amide bonds. The first-order chi connectivity index (χ1) is 15.9. The molecule has 1 aliphatic rings. The molecular weight excluding hydrogens is 467 g/mol. The summed E-state index contributed by atoms with van der Waals surface area (Å²) < 4.78 is 6.88. The number of ether oxygens (including phenoxy) is 1. The molecule has 0 aliphatic heterocycles. The Hall–Kier alpha value is -2.81. The van der Waals surface area contributed by atoms with Crippen LogP contribution in [-0.2, 0) is 6.54 Å². The molecule has 1 heterocycles. The molecular formula is C23H24Cl2N4O4. The zero-order chi connectivity index (χ0) is 23.4. The van der Waals surface area contributed by atoms with Gasteiger partial charge in [-0.1, -0.05) is 42.5 Å². The van der Waals surface area contributed by atoms with E-state index in [1.807, 2.05) is 0 Å². The fourth-order valence-corrected chi connectivity index (χ4v) is 4.54. The SMILES string of the molecule is O=c1cnn(-c2cc(Cl)c(Oc3ccc(O)c(CNCC4CCCCC4)c3)c(Cl)c2)c(=O)[nH]1. The Morgan fingerprint density at radius 3 is 2.55 bits per heavy atom. The highest BCUT2D eigenvalue weighted by atomic mass is 35.5. The van der Waals surface area contributed by atoms with Gasteiger partial charge in [-0.15, -0.1) is 0 Å². The molecule has 0 atom stereocenters. The van der Waals surface area contributed by atoms with Gasteiger partial charge in [0.15, 0.2) is 5.75 Å². The summed E-state index contributed by atoms with van der Waals surface area (Å²) in [5.74, 6) is 1.51. The lowest BCUT2D eigenvalue weighted by molar-refractivity contribution is 0.341. The number of halogens is 2. The smallest absolute Gasteiger partial charge is 0.349 e. The van der Waals surface area contributed by atoms with Crippen molar-refractivity contribution >= 4 is 23.2 Å². The molecule has 1 fully saturated rings. The lowest BCUT2D eigenvalue weighted by atomic mass is 9.89. The van der Waals surface area contributed by atoms with Crippen LogP contribution in [0.5, 0.6) is 17.2 Å². The van der Waals surface area contributed by atoms with Gasteiger partial charge in [-0.25, -0.2) is 4.79 Å². The predicted molar refractivity (Wildman–Crippen MR) is 127 cm³/mol. The van der Waals surface area contributed by atoms with Crippen LogP contribution in [0.2, 0.25) is 10.0 Å². The van der Waals surface area contributed by atoms with Crippen molar-refractivity contribution in [2.24, 2.45) is 5.92 Å². The second kappa shape index (κ2) is 10.4. The number of phenols is 1. The van der Waals surface area contributed by atoms with E-state index in [-0.39, 0.29) is 27.2 Å². The van der Waals surface area contributed by atoms with Crippen molar-refractivity contribution in [2.45, 2.75) is 38.6 Å². The molecule has 1 aromatic heterocycles. The summed E-state index contributed by atoms with van der Waals surface area (Å²) in [6.45, 7) is 1.43. The van der Waals surface area contributed by atoms with Crippen LogP contribution in [0.4, 0.5) is 0 Å². The van der Waals surface area contributed by atoms with Crippen LogP contribution >= 0.6 is 23.2 Å². The van der Waals surface area contributed by atoms with Gasteiger partial charge in [-0.2, -0.15) is 9.78 Å². The maximum absolute atomic E-state index is 12.0. The summed E-state index contributed by atoms with van der Waals surface area (Å²) in [7, 11) is 0. The highest BCUT2D eigenvalue weighted by Crippen LogP contribution is 2.39. The molecule has 3 N–H and O–H groups in total. The highest BCUT2D eigenvalue weighted by Gasteiger charge is 2.16. The van der Waals surface area contributed by atoms with E-state index in [0.717, 1.165) is 17.4 Å². The Labute approximate surface area is 200 Å². The van der Waals surface area contributed by atoms with Crippen LogP contribution in [0.3, 0.4) is 0 Å². The fourth-order valence-electron chi connectivity index (χ4n) is 3.99. The number of H-pyrrole nitrogens is 1. The second-order valence-corrected chi connectivity index (χ2v) is 8.93. The molecule has 0 unspecified atom stereocenters. The third-order valence-corrected chi connectivity index (χ3v) is 6.25. The van der Waals surface area contributed by atoms with Crippen LogP contribution < -0.4 is 21.3 Å². The Morgan fingerprint density at radius 1 is 1.12 bits per heavy atom. The van der Waals surface area contributed by atoms with Crippen molar-refractivity contribution in [3.8, 4) is 22.9 Å². The number of rotatable bonds is 7. The van der Waals surface area contributed by atoms with Crippen molar-refractivity contribution in [2.75, 3.05) is 6.54 Å². The van der Waals surface area contributed by atoms with Crippen molar-refractivity contribution in [1.82, 2.24) is 20.1 Å².